The second-order valence-corrected chi connectivity index (χ2v) is 8.50. The van der Waals surface area contributed by atoms with Crippen LogP contribution in [0.15, 0.2) is 54.6 Å². The average molecular weight is 404 g/mol. The minimum atomic E-state index is 0.258. The number of amides is 1. The standard InChI is InChI=1S/C25H29N3O2/c29-24(18-27-12-14-30-15-13-27)28-16-22-25(23(17-28)26-22)21-10-8-20(9-11-21)7-6-19-4-2-1-3-5-19/h1-11,22-23,25-26H,12-18H2/b7-6+/t22-,23+,25?. The zero-order valence-electron chi connectivity index (χ0n) is 17.2. The normalized spacial score (nSPS) is 26.5. The van der Waals surface area contributed by atoms with Gasteiger partial charge in [0.15, 0.2) is 0 Å². The number of piperidine rings is 1. The van der Waals surface area contributed by atoms with Crippen molar-refractivity contribution >= 4 is 18.1 Å². The van der Waals surface area contributed by atoms with E-state index in [4.69, 9.17) is 4.74 Å². The topological polar surface area (TPSA) is 44.8 Å². The Morgan fingerprint density at radius 1 is 0.933 bits per heavy atom. The molecule has 0 radical (unpaired) electrons. The predicted molar refractivity (Wildman–Crippen MR) is 119 cm³/mol. The summed E-state index contributed by atoms with van der Waals surface area (Å²) < 4.78 is 5.38. The summed E-state index contributed by atoms with van der Waals surface area (Å²) in [5, 5.41) is 3.64. The van der Waals surface area contributed by atoms with Gasteiger partial charge in [0.25, 0.3) is 0 Å². The molecule has 4 aliphatic rings. The van der Waals surface area contributed by atoms with E-state index in [2.05, 4.69) is 75.8 Å². The molecule has 30 heavy (non-hydrogen) atoms. The lowest BCUT2D eigenvalue weighted by molar-refractivity contribution is -0.138. The van der Waals surface area contributed by atoms with Gasteiger partial charge in [0.1, 0.15) is 0 Å². The van der Waals surface area contributed by atoms with Crippen molar-refractivity contribution in [3.63, 3.8) is 0 Å². The Hall–Kier alpha value is -2.47. The van der Waals surface area contributed by atoms with Gasteiger partial charge >= 0.3 is 0 Å². The van der Waals surface area contributed by atoms with E-state index in [0.717, 1.165) is 39.4 Å². The van der Waals surface area contributed by atoms with Gasteiger partial charge in [0, 0.05) is 44.2 Å². The molecule has 3 atom stereocenters. The highest BCUT2D eigenvalue weighted by Crippen LogP contribution is 2.37. The van der Waals surface area contributed by atoms with Crippen molar-refractivity contribution in [2.24, 2.45) is 0 Å². The van der Waals surface area contributed by atoms with E-state index in [0.29, 0.717) is 24.5 Å². The van der Waals surface area contributed by atoms with E-state index in [1.807, 2.05) is 6.07 Å². The lowest BCUT2D eigenvalue weighted by Crippen LogP contribution is -2.72. The number of fused-ring (bicyclic) bond motifs is 2. The van der Waals surface area contributed by atoms with Crippen molar-refractivity contribution in [3.05, 3.63) is 71.3 Å². The fourth-order valence-electron chi connectivity index (χ4n) is 4.83. The van der Waals surface area contributed by atoms with Gasteiger partial charge in [0.05, 0.1) is 19.8 Å². The maximum atomic E-state index is 12.7. The Kier molecular flexibility index (Phi) is 5.67. The maximum absolute atomic E-state index is 12.7. The Bertz CT molecular complexity index is 878. The molecule has 5 nitrogen and oxygen atoms in total. The van der Waals surface area contributed by atoms with E-state index in [9.17, 15) is 4.79 Å². The molecule has 5 heteroatoms. The highest BCUT2D eigenvalue weighted by molar-refractivity contribution is 5.79. The van der Waals surface area contributed by atoms with Gasteiger partial charge in [0.2, 0.25) is 5.91 Å². The molecule has 1 N–H and O–H groups in total. The van der Waals surface area contributed by atoms with E-state index in [1.54, 1.807) is 0 Å². The van der Waals surface area contributed by atoms with Gasteiger partial charge in [-0.3, -0.25) is 9.69 Å². The molecule has 0 saturated carbocycles. The fraction of sp³-hybridized carbons (Fsp3) is 0.400. The average Bonchev–Trinajstić information content (AvgIpc) is 2.80. The maximum Gasteiger partial charge on any atom is 0.236 e. The van der Waals surface area contributed by atoms with Crippen molar-refractivity contribution in [1.82, 2.24) is 15.1 Å². The Morgan fingerprint density at radius 2 is 1.57 bits per heavy atom. The molecule has 1 unspecified atom stereocenters. The molecule has 2 aromatic rings. The molecule has 0 aliphatic carbocycles. The number of rotatable bonds is 5. The third-order valence-electron chi connectivity index (χ3n) is 6.53. The summed E-state index contributed by atoms with van der Waals surface area (Å²) >= 11 is 0. The van der Waals surface area contributed by atoms with Gasteiger partial charge in [-0.15, -0.1) is 0 Å². The number of hydrogen-bond acceptors (Lipinski definition) is 4. The summed E-state index contributed by atoms with van der Waals surface area (Å²) in [7, 11) is 0. The van der Waals surface area contributed by atoms with E-state index < -0.39 is 0 Å². The first-order valence-electron chi connectivity index (χ1n) is 10.9. The third kappa shape index (κ3) is 4.19. The summed E-state index contributed by atoms with van der Waals surface area (Å²) in [5.74, 6) is 0.762. The Balaban J connectivity index is 1.17. The largest absolute Gasteiger partial charge is 0.379 e. The van der Waals surface area contributed by atoms with Crippen molar-refractivity contribution in [1.29, 1.82) is 0 Å². The number of ether oxygens (including phenoxy) is 1. The smallest absolute Gasteiger partial charge is 0.236 e. The lowest BCUT2D eigenvalue weighted by Gasteiger charge is -2.55. The molecular formula is C25H29N3O2. The number of benzene rings is 2. The summed E-state index contributed by atoms with van der Waals surface area (Å²) in [5.41, 5.74) is 3.80. The molecule has 4 heterocycles. The predicted octanol–water partition coefficient (Wildman–Crippen LogP) is 2.46. The van der Waals surface area contributed by atoms with Crippen LogP contribution in [0.25, 0.3) is 12.2 Å². The van der Waals surface area contributed by atoms with Crippen LogP contribution in [0.4, 0.5) is 0 Å². The molecule has 6 rings (SSSR count). The summed E-state index contributed by atoms with van der Waals surface area (Å²) in [6, 6.07) is 20.0. The second-order valence-electron chi connectivity index (χ2n) is 8.50. The van der Waals surface area contributed by atoms with Crippen LogP contribution in [0.3, 0.4) is 0 Å². The number of nitrogens with one attached hydrogen (secondary N) is 1. The number of carbonyl (C=O) groups is 1. The third-order valence-corrected chi connectivity index (χ3v) is 6.53. The van der Waals surface area contributed by atoms with Gasteiger partial charge in [-0.1, -0.05) is 66.7 Å². The minimum absolute atomic E-state index is 0.258. The van der Waals surface area contributed by atoms with Crippen LogP contribution in [0, 0.1) is 0 Å². The first-order chi connectivity index (χ1) is 14.8. The monoisotopic (exact) mass is 403 g/mol. The SMILES string of the molecule is O=C(CN1CCOCC1)N1C[C@@H]2N[C@H](C1)C2c1ccc(/C=C/c2ccccc2)cc1. The number of nitrogens with zero attached hydrogens (tertiary/aromatic N) is 2. The Labute approximate surface area is 178 Å². The number of morpholine rings is 1. The molecule has 4 aliphatic heterocycles. The number of piperazine rings is 1. The van der Waals surface area contributed by atoms with Crippen LogP contribution >= 0.6 is 0 Å². The molecule has 2 bridgehead atoms. The molecular weight excluding hydrogens is 374 g/mol. The van der Waals surface area contributed by atoms with Gasteiger partial charge < -0.3 is 15.0 Å². The highest BCUT2D eigenvalue weighted by Gasteiger charge is 2.48. The Morgan fingerprint density at radius 3 is 2.23 bits per heavy atom. The molecule has 4 saturated heterocycles. The van der Waals surface area contributed by atoms with Crippen LogP contribution in [0.2, 0.25) is 0 Å². The second kappa shape index (κ2) is 8.72. The van der Waals surface area contributed by atoms with Crippen LogP contribution in [-0.4, -0.2) is 73.7 Å². The van der Waals surface area contributed by atoms with E-state index >= 15 is 0 Å². The van der Waals surface area contributed by atoms with Crippen molar-refractivity contribution in [2.75, 3.05) is 45.9 Å². The summed E-state index contributed by atoms with van der Waals surface area (Å²) in [6.45, 7) is 5.32. The van der Waals surface area contributed by atoms with Crippen molar-refractivity contribution in [3.8, 4) is 0 Å². The number of carbonyl (C=O) groups excluding carboxylic acids is 1. The van der Waals surface area contributed by atoms with Crippen LogP contribution in [0.5, 0.6) is 0 Å². The van der Waals surface area contributed by atoms with Crippen molar-refractivity contribution in [2.45, 2.75) is 18.0 Å². The first kappa shape index (κ1) is 19.5. The summed E-state index contributed by atoms with van der Waals surface area (Å²) in [6.07, 6.45) is 4.30. The van der Waals surface area contributed by atoms with Gasteiger partial charge in [-0.05, 0) is 16.7 Å². The lowest BCUT2D eigenvalue weighted by atomic mass is 9.74. The van der Waals surface area contributed by atoms with E-state index in [1.165, 1.54) is 16.7 Å². The molecule has 4 fully saturated rings. The zero-order chi connectivity index (χ0) is 20.3. The van der Waals surface area contributed by atoms with E-state index in [-0.39, 0.29) is 5.91 Å². The molecule has 0 spiro atoms. The van der Waals surface area contributed by atoms with Crippen LogP contribution in [0.1, 0.15) is 22.6 Å². The minimum Gasteiger partial charge on any atom is -0.379 e. The fourth-order valence-corrected chi connectivity index (χ4v) is 4.83. The van der Waals surface area contributed by atoms with Crippen LogP contribution in [-0.2, 0) is 9.53 Å². The zero-order valence-corrected chi connectivity index (χ0v) is 17.2. The molecule has 1 amide bonds. The van der Waals surface area contributed by atoms with Crippen molar-refractivity contribution < 1.29 is 9.53 Å². The van der Waals surface area contributed by atoms with Gasteiger partial charge in [-0.25, -0.2) is 0 Å². The summed E-state index contributed by atoms with van der Waals surface area (Å²) in [4.78, 5) is 17.0. The first-order valence-corrected chi connectivity index (χ1v) is 10.9. The highest BCUT2D eigenvalue weighted by atomic mass is 16.5. The molecule has 0 aromatic heterocycles. The molecule has 2 aromatic carbocycles. The number of hydrogen-bond donors (Lipinski definition) is 1. The molecule has 156 valence electrons. The van der Waals surface area contributed by atoms with Crippen LogP contribution < -0.4 is 5.32 Å². The van der Waals surface area contributed by atoms with Gasteiger partial charge in [-0.2, -0.15) is 0 Å². The quantitative estimate of drug-likeness (QED) is 0.779.